The van der Waals surface area contributed by atoms with Gasteiger partial charge in [-0.25, -0.2) is 4.98 Å². The van der Waals surface area contributed by atoms with Crippen LogP contribution in [-0.2, 0) is 22.6 Å². The quantitative estimate of drug-likeness (QED) is 0.676. The van der Waals surface area contributed by atoms with E-state index in [1.54, 1.807) is 6.20 Å². The van der Waals surface area contributed by atoms with Gasteiger partial charge in [0.2, 0.25) is 5.91 Å². The van der Waals surface area contributed by atoms with Gasteiger partial charge in [-0.05, 0) is 12.8 Å². The van der Waals surface area contributed by atoms with Gasteiger partial charge in [0.05, 0.1) is 5.75 Å². The number of aliphatic carboxylic acids is 1. The Labute approximate surface area is 123 Å². The molecule has 0 unspecified atom stereocenters. The molecular weight excluding hydrogens is 278 g/mol. The van der Waals surface area contributed by atoms with Crippen LogP contribution in [0.3, 0.4) is 0 Å². The minimum Gasteiger partial charge on any atom is -0.481 e. The fourth-order valence-corrected chi connectivity index (χ4v) is 2.47. The van der Waals surface area contributed by atoms with Crippen LogP contribution in [-0.4, -0.2) is 38.8 Å². The molecular formula is C13H21N3O3S. The van der Waals surface area contributed by atoms with Gasteiger partial charge < -0.3 is 15.0 Å². The predicted molar refractivity (Wildman–Crippen MR) is 77.9 cm³/mol. The van der Waals surface area contributed by atoms with Gasteiger partial charge in [-0.2, -0.15) is 0 Å². The molecule has 0 aliphatic heterocycles. The lowest BCUT2D eigenvalue weighted by atomic mass is 10.3. The maximum Gasteiger partial charge on any atom is 0.313 e. The molecule has 0 saturated carbocycles. The number of imidazole rings is 1. The van der Waals surface area contributed by atoms with Crippen LogP contribution in [0.15, 0.2) is 11.4 Å². The summed E-state index contributed by atoms with van der Waals surface area (Å²) < 4.78 is 1.93. The zero-order chi connectivity index (χ0) is 15.0. The van der Waals surface area contributed by atoms with Crippen LogP contribution in [0.25, 0.3) is 0 Å². The summed E-state index contributed by atoms with van der Waals surface area (Å²) in [6.07, 6.45) is 3.84. The number of amides is 1. The standard InChI is InChI=1S/C13H21N3O3S/c1-3-6-14-11(17)5-7-16-10(4-2)8-15-13(16)20-9-12(18)19/h8H,3-7,9H2,1-2H3,(H,14,17)(H,18,19). The highest BCUT2D eigenvalue weighted by molar-refractivity contribution is 7.99. The number of hydrogen-bond acceptors (Lipinski definition) is 4. The third-order valence-electron chi connectivity index (χ3n) is 2.72. The highest BCUT2D eigenvalue weighted by Gasteiger charge is 2.12. The van der Waals surface area contributed by atoms with E-state index in [0.717, 1.165) is 18.5 Å². The largest absolute Gasteiger partial charge is 0.481 e. The Morgan fingerprint density at radius 2 is 2.20 bits per heavy atom. The second kappa shape index (κ2) is 8.63. The Hall–Kier alpha value is -1.50. The number of carbonyl (C=O) groups excluding carboxylic acids is 1. The number of carboxylic acid groups (broad SMARTS) is 1. The van der Waals surface area contributed by atoms with Gasteiger partial charge in [-0.3, -0.25) is 9.59 Å². The maximum atomic E-state index is 11.6. The van der Waals surface area contributed by atoms with E-state index in [1.807, 2.05) is 18.4 Å². The second-order valence-electron chi connectivity index (χ2n) is 4.32. The summed E-state index contributed by atoms with van der Waals surface area (Å²) in [5.41, 5.74) is 1.01. The van der Waals surface area contributed by atoms with Crippen LogP contribution in [0, 0.1) is 0 Å². The maximum absolute atomic E-state index is 11.6. The average Bonchev–Trinajstić information content (AvgIpc) is 2.82. The van der Waals surface area contributed by atoms with Crippen molar-refractivity contribution in [2.75, 3.05) is 12.3 Å². The monoisotopic (exact) mass is 299 g/mol. The van der Waals surface area contributed by atoms with Crippen molar-refractivity contribution in [3.05, 3.63) is 11.9 Å². The van der Waals surface area contributed by atoms with Crippen LogP contribution >= 0.6 is 11.8 Å². The van der Waals surface area contributed by atoms with Gasteiger partial charge in [0.25, 0.3) is 0 Å². The molecule has 0 aliphatic carbocycles. The van der Waals surface area contributed by atoms with Gasteiger partial charge in [0, 0.05) is 31.4 Å². The van der Waals surface area contributed by atoms with Gasteiger partial charge in [0.1, 0.15) is 0 Å². The molecule has 0 aliphatic rings. The molecule has 7 heteroatoms. The van der Waals surface area contributed by atoms with Crippen LogP contribution < -0.4 is 5.32 Å². The predicted octanol–water partition coefficient (Wildman–Crippen LogP) is 1.54. The number of carbonyl (C=O) groups is 2. The Bertz CT molecular complexity index is 460. The van der Waals surface area contributed by atoms with Crippen molar-refractivity contribution in [2.24, 2.45) is 0 Å². The molecule has 1 aromatic heterocycles. The highest BCUT2D eigenvalue weighted by atomic mass is 32.2. The number of rotatable bonds is 9. The van der Waals surface area contributed by atoms with E-state index in [4.69, 9.17) is 5.11 Å². The zero-order valence-corrected chi connectivity index (χ0v) is 12.7. The van der Waals surface area contributed by atoms with Crippen molar-refractivity contribution in [1.82, 2.24) is 14.9 Å². The van der Waals surface area contributed by atoms with Crippen LogP contribution in [0.1, 0.15) is 32.4 Å². The molecule has 0 saturated heterocycles. The normalized spacial score (nSPS) is 10.5. The molecule has 1 amide bonds. The zero-order valence-electron chi connectivity index (χ0n) is 11.9. The molecule has 20 heavy (non-hydrogen) atoms. The van der Waals surface area contributed by atoms with Crippen molar-refractivity contribution >= 4 is 23.6 Å². The molecule has 1 heterocycles. The van der Waals surface area contributed by atoms with E-state index >= 15 is 0 Å². The molecule has 0 atom stereocenters. The summed E-state index contributed by atoms with van der Waals surface area (Å²) in [5, 5.41) is 12.2. The van der Waals surface area contributed by atoms with Gasteiger partial charge in [-0.1, -0.05) is 25.6 Å². The second-order valence-corrected chi connectivity index (χ2v) is 5.26. The molecule has 6 nitrogen and oxygen atoms in total. The molecule has 2 N–H and O–H groups in total. The number of aromatic nitrogens is 2. The molecule has 112 valence electrons. The lowest BCUT2D eigenvalue weighted by Gasteiger charge is -2.10. The summed E-state index contributed by atoms with van der Waals surface area (Å²) in [6, 6.07) is 0. The third-order valence-corrected chi connectivity index (χ3v) is 3.70. The van der Waals surface area contributed by atoms with Crippen molar-refractivity contribution < 1.29 is 14.7 Å². The van der Waals surface area contributed by atoms with E-state index < -0.39 is 5.97 Å². The number of nitrogens with zero attached hydrogens (tertiary/aromatic N) is 2. The van der Waals surface area contributed by atoms with Gasteiger partial charge >= 0.3 is 5.97 Å². The van der Waals surface area contributed by atoms with Crippen molar-refractivity contribution in [2.45, 2.75) is 44.8 Å². The van der Waals surface area contributed by atoms with Gasteiger partial charge in [-0.15, -0.1) is 0 Å². The van der Waals surface area contributed by atoms with E-state index in [-0.39, 0.29) is 11.7 Å². The van der Waals surface area contributed by atoms with Crippen LogP contribution in [0.5, 0.6) is 0 Å². The fraction of sp³-hybridized carbons (Fsp3) is 0.615. The minimum absolute atomic E-state index is 0.0109. The molecule has 0 aromatic carbocycles. The first-order valence-corrected chi connectivity index (χ1v) is 7.72. The van der Waals surface area contributed by atoms with E-state index in [9.17, 15) is 9.59 Å². The molecule has 0 radical (unpaired) electrons. The molecule has 1 rings (SSSR count). The van der Waals surface area contributed by atoms with Crippen LogP contribution in [0.2, 0.25) is 0 Å². The molecule has 0 spiro atoms. The van der Waals surface area contributed by atoms with E-state index in [2.05, 4.69) is 10.3 Å². The van der Waals surface area contributed by atoms with E-state index in [0.29, 0.717) is 24.7 Å². The fourth-order valence-electron chi connectivity index (χ4n) is 1.72. The Kier molecular flexibility index (Phi) is 7.14. The molecule has 0 bridgehead atoms. The summed E-state index contributed by atoms with van der Waals surface area (Å²) in [5.74, 6) is -0.887. The number of nitrogens with one attached hydrogen (secondary N) is 1. The Balaban J connectivity index is 2.63. The number of thioether (sulfide) groups is 1. The SMILES string of the molecule is CCCNC(=O)CCn1c(CC)cnc1SCC(=O)O. The Morgan fingerprint density at radius 1 is 1.45 bits per heavy atom. The first-order valence-electron chi connectivity index (χ1n) is 6.74. The van der Waals surface area contributed by atoms with E-state index in [1.165, 1.54) is 11.8 Å². The highest BCUT2D eigenvalue weighted by Crippen LogP contribution is 2.19. The summed E-state index contributed by atoms with van der Waals surface area (Å²) in [6.45, 7) is 5.23. The number of carboxylic acids is 1. The summed E-state index contributed by atoms with van der Waals surface area (Å²) in [4.78, 5) is 26.5. The van der Waals surface area contributed by atoms with Crippen LogP contribution in [0.4, 0.5) is 0 Å². The molecule has 1 aromatic rings. The molecule has 0 fully saturated rings. The number of hydrogen-bond donors (Lipinski definition) is 2. The average molecular weight is 299 g/mol. The lowest BCUT2D eigenvalue weighted by molar-refractivity contribution is -0.134. The lowest BCUT2D eigenvalue weighted by Crippen LogP contribution is -2.25. The first kappa shape index (κ1) is 16.6. The topological polar surface area (TPSA) is 84.2 Å². The third kappa shape index (κ3) is 5.24. The summed E-state index contributed by atoms with van der Waals surface area (Å²) >= 11 is 1.18. The first-order chi connectivity index (χ1) is 9.58. The minimum atomic E-state index is -0.872. The smallest absolute Gasteiger partial charge is 0.313 e. The number of aryl methyl sites for hydroxylation is 1. The summed E-state index contributed by atoms with van der Waals surface area (Å²) in [7, 11) is 0. The van der Waals surface area contributed by atoms with Crippen molar-refractivity contribution in [3.8, 4) is 0 Å². The van der Waals surface area contributed by atoms with Crippen molar-refractivity contribution in [1.29, 1.82) is 0 Å². The van der Waals surface area contributed by atoms with Crippen molar-refractivity contribution in [3.63, 3.8) is 0 Å². The van der Waals surface area contributed by atoms with Gasteiger partial charge in [0.15, 0.2) is 5.16 Å². The Morgan fingerprint density at radius 3 is 2.80 bits per heavy atom.